The van der Waals surface area contributed by atoms with E-state index in [1.165, 1.54) is 0 Å². The number of aliphatic hydroxyl groups is 1. The molecule has 0 amide bonds. The number of carboxylic acids is 1. The van der Waals surface area contributed by atoms with Crippen LogP contribution in [0.3, 0.4) is 0 Å². The second kappa shape index (κ2) is 10.8. The average molecular weight is 484 g/mol. The maximum atomic E-state index is 11.1. The molecule has 6 heteroatoms. The Morgan fingerprint density at radius 3 is 2.56 bits per heavy atom. The van der Waals surface area contributed by atoms with Crippen LogP contribution in [0.25, 0.3) is 21.9 Å². The van der Waals surface area contributed by atoms with Crippen molar-refractivity contribution in [3.8, 4) is 22.6 Å². The molecule has 36 heavy (non-hydrogen) atoms. The molecular weight excluding hydrogens is 454 g/mol. The number of rotatable bonds is 9. The highest BCUT2D eigenvalue weighted by Crippen LogP contribution is 2.32. The monoisotopic (exact) mass is 483 g/mol. The molecule has 184 valence electrons. The molecule has 2 unspecified atom stereocenters. The predicted octanol–water partition coefficient (Wildman–Crippen LogP) is 4.93. The zero-order valence-electron chi connectivity index (χ0n) is 19.9. The Bertz CT molecular complexity index is 1350. The van der Waals surface area contributed by atoms with Crippen LogP contribution < -0.4 is 14.8 Å². The number of fused-ring (bicyclic) bond motifs is 2. The minimum absolute atomic E-state index is 0.0341. The lowest BCUT2D eigenvalue weighted by Crippen LogP contribution is -2.39. The van der Waals surface area contributed by atoms with Crippen molar-refractivity contribution in [2.75, 3.05) is 19.7 Å². The lowest BCUT2D eigenvalue weighted by molar-refractivity contribution is 0.0697. The van der Waals surface area contributed by atoms with Crippen LogP contribution in [0.2, 0.25) is 0 Å². The van der Waals surface area contributed by atoms with Gasteiger partial charge < -0.3 is 25.0 Å². The van der Waals surface area contributed by atoms with E-state index in [1.807, 2.05) is 60.7 Å². The van der Waals surface area contributed by atoms with E-state index in [1.54, 1.807) is 12.1 Å². The number of aryl methyl sites for hydroxylation is 1. The minimum atomic E-state index is -0.926. The van der Waals surface area contributed by atoms with E-state index in [2.05, 4.69) is 17.4 Å². The number of aromatic carboxylic acids is 1. The summed E-state index contributed by atoms with van der Waals surface area (Å²) in [6, 6.07) is 27.0. The molecule has 1 heterocycles. The van der Waals surface area contributed by atoms with Gasteiger partial charge in [-0.25, -0.2) is 4.79 Å². The quantitative estimate of drug-likeness (QED) is 0.313. The number of carboxylic acid groups (broad SMARTS) is 1. The van der Waals surface area contributed by atoms with Crippen LogP contribution in [0.15, 0.2) is 84.9 Å². The molecule has 5 rings (SSSR count). The van der Waals surface area contributed by atoms with Crippen LogP contribution in [0.1, 0.15) is 22.3 Å². The van der Waals surface area contributed by atoms with E-state index in [-0.39, 0.29) is 18.3 Å². The van der Waals surface area contributed by atoms with Gasteiger partial charge in [-0.3, -0.25) is 0 Å². The van der Waals surface area contributed by atoms with Crippen molar-refractivity contribution >= 4 is 16.7 Å². The van der Waals surface area contributed by atoms with Gasteiger partial charge >= 0.3 is 5.97 Å². The number of nitrogens with one attached hydrogen (secondary N) is 1. The number of benzene rings is 4. The Hall–Kier alpha value is -3.87. The number of carbonyl (C=O) groups is 1. The molecule has 0 aromatic heterocycles. The highest BCUT2D eigenvalue weighted by atomic mass is 16.5. The van der Waals surface area contributed by atoms with E-state index in [0.29, 0.717) is 13.1 Å². The van der Waals surface area contributed by atoms with Crippen molar-refractivity contribution in [2.45, 2.75) is 25.0 Å². The first kappa shape index (κ1) is 23.9. The van der Waals surface area contributed by atoms with Crippen LogP contribution in [0, 0.1) is 0 Å². The van der Waals surface area contributed by atoms with Gasteiger partial charge in [-0.15, -0.1) is 0 Å². The maximum absolute atomic E-state index is 11.1. The van der Waals surface area contributed by atoms with Crippen molar-refractivity contribution < 1.29 is 24.5 Å². The molecule has 0 bridgehead atoms. The summed E-state index contributed by atoms with van der Waals surface area (Å²) in [5, 5.41) is 25.0. The van der Waals surface area contributed by atoms with Crippen molar-refractivity contribution in [1.82, 2.24) is 5.32 Å². The predicted molar refractivity (Wildman–Crippen MR) is 140 cm³/mol. The molecule has 4 aromatic carbocycles. The zero-order valence-corrected chi connectivity index (χ0v) is 19.9. The summed E-state index contributed by atoms with van der Waals surface area (Å²) in [5.41, 5.74) is 3.45. The Morgan fingerprint density at radius 2 is 1.75 bits per heavy atom. The number of aliphatic hydroxyl groups excluding tert-OH is 1. The average Bonchev–Trinajstić information content (AvgIpc) is 2.91. The second-order valence-corrected chi connectivity index (χ2v) is 9.12. The SMILES string of the molecule is O=C(O)c1ccc(-c2ccc3c(c2)CCC(CNCC(O)COc2ccc4ccccc4c2)O3)cc1. The largest absolute Gasteiger partial charge is 0.491 e. The number of hydrogen-bond acceptors (Lipinski definition) is 5. The van der Waals surface area contributed by atoms with E-state index in [9.17, 15) is 9.90 Å². The fourth-order valence-corrected chi connectivity index (χ4v) is 4.49. The third-order valence-corrected chi connectivity index (χ3v) is 6.47. The first-order chi connectivity index (χ1) is 17.5. The molecular formula is C30H29NO5. The summed E-state index contributed by atoms with van der Waals surface area (Å²) in [7, 11) is 0. The van der Waals surface area contributed by atoms with Crippen LogP contribution in [-0.2, 0) is 6.42 Å². The Kier molecular flexibility index (Phi) is 7.16. The normalized spacial score (nSPS) is 15.6. The van der Waals surface area contributed by atoms with Gasteiger partial charge in [0, 0.05) is 13.1 Å². The van der Waals surface area contributed by atoms with Gasteiger partial charge in [-0.2, -0.15) is 0 Å². The number of hydrogen-bond donors (Lipinski definition) is 3. The van der Waals surface area contributed by atoms with E-state index in [0.717, 1.165) is 51.8 Å². The molecule has 4 aromatic rings. The van der Waals surface area contributed by atoms with Crippen molar-refractivity contribution in [2.24, 2.45) is 0 Å². The fourth-order valence-electron chi connectivity index (χ4n) is 4.49. The van der Waals surface area contributed by atoms with Gasteiger partial charge in [0.05, 0.1) is 5.56 Å². The van der Waals surface area contributed by atoms with Gasteiger partial charge in [0.25, 0.3) is 0 Å². The summed E-state index contributed by atoms with van der Waals surface area (Å²) in [4.78, 5) is 11.1. The minimum Gasteiger partial charge on any atom is -0.491 e. The van der Waals surface area contributed by atoms with E-state index in [4.69, 9.17) is 14.6 Å². The first-order valence-electron chi connectivity index (χ1n) is 12.2. The van der Waals surface area contributed by atoms with Gasteiger partial charge in [0.1, 0.15) is 30.3 Å². The standard InChI is InChI=1S/C30H29NO5/c32-26(19-35-27-12-9-20-3-1-2-4-23(20)16-27)17-31-18-28-13-10-25-15-24(11-14-29(25)36-28)21-5-7-22(8-6-21)30(33)34/h1-9,11-12,14-16,26,28,31-32H,10,13,17-19H2,(H,33,34). The molecule has 1 aliphatic rings. The molecule has 0 spiro atoms. The molecule has 0 saturated heterocycles. The van der Waals surface area contributed by atoms with Crippen molar-refractivity contribution in [1.29, 1.82) is 0 Å². The maximum Gasteiger partial charge on any atom is 0.335 e. The van der Waals surface area contributed by atoms with Gasteiger partial charge in [0.15, 0.2) is 0 Å². The van der Waals surface area contributed by atoms with Gasteiger partial charge in [0.2, 0.25) is 0 Å². The lowest BCUT2D eigenvalue weighted by Gasteiger charge is -2.27. The lowest BCUT2D eigenvalue weighted by atomic mass is 9.96. The Labute approximate surface area is 210 Å². The molecule has 1 aliphatic heterocycles. The van der Waals surface area contributed by atoms with Crippen LogP contribution in [0.4, 0.5) is 0 Å². The summed E-state index contributed by atoms with van der Waals surface area (Å²) in [6.45, 7) is 1.28. The fraction of sp³-hybridized carbons (Fsp3) is 0.233. The van der Waals surface area contributed by atoms with Crippen LogP contribution >= 0.6 is 0 Å². The summed E-state index contributed by atoms with van der Waals surface area (Å²) in [5.74, 6) is 0.696. The second-order valence-electron chi connectivity index (χ2n) is 9.12. The third kappa shape index (κ3) is 5.67. The van der Waals surface area contributed by atoms with E-state index < -0.39 is 12.1 Å². The molecule has 6 nitrogen and oxygen atoms in total. The van der Waals surface area contributed by atoms with Crippen LogP contribution in [0.5, 0.6) is 11.5 Å². The third-order valence-electron chi connectivity index (χ3n) is 6.47. The Morgan fingerprint density at radius 1 is 0.972 bits per heavy atom. The first-order valence-corrected chi connectivity index (χ1v) is 12.2. The molecule has 2 atom stereocenters. The van der Waals surface area contributed by atoms with Gasteiger partial charge in [-0.05, 0) is 76.7 Å². The molecule has 0 aliphatic carbocycles. The van der Waals surface area contributed by atoms with Gasteiger partial charge in [-0.1, -0.05) is 48.5 Å². The van der Waals surface area contributed by atoms with Crippen molar-refractivity contribution in [3.63, 3.8) is 0 Å². The number of ether oxygens (including phenoxy) is 2. The summed E-state index contributed by atoms with van der Waals surface area (Å²) in [6.07, 6.45) is 1.19. The topological polar surface area (TPSA) is 88.0 Å². The molecule has 0 saturated carbocycles. The highest BCUT2D eigenvalue weighted by Gasteiger charge is 2.20. The molecule has 0 fully saturated rings. The Balaban J connectivity index is 1.08. The van der Waals surface area contributed by atoms with E-state index >= 15 is 0 Å². The molecule has 3 N–H and O–H groups in total. The molecule has 0 radical (unpaired) electrons. The zero-order chi connectivity index (χ0) is 24.9. The smallest absolute Gasteiger partial charge is 0.335 e. The highest BCUT2D eigenvalue weighted by molar-refractivity contribution is 5.88. The summed E-state index contributed by atoms with van der Waals surface area (Å²) < 4.78 is 12.0. The summed E-state index contributed by atoms with van der Waals surface area (Å²) >= 11 is 0. The van der Waals surface area contributed by atoms with Crippen molar-refractivity contribution in [3.05, 3.63) is 96.1 Å². The van der Waals surface area contributed by atoms with Crippen LogP contribution in [-0.4, -0.2) is 48.1 Å².